The largest absolute Gasteiger partial charge is 0.293 e. The van der Waals surface area contributed by atoms with Gasteiger partial charge in [0.1, 0.15) is 0 Å². The number of hydrogen-bond donors (Lipinski definition) is 0. The first-order valence-electron chi connectivity index (χ1n) is 5.14. The van der Waals surface area contributed by atoms with Gasteiger partial charge in [-0.05, 0) is 17.5 Å². The normalized spacial score (nSPS) is 10.2. The van der Waals surface area contributed by atoms with E-state index < -0.39 is 0 Å². The lowest BCUT2D eigenvalue weighted by atomic mass is 10.1. The third-order valence-corrected chi connectivity index (χ3v) is 2.37. The van der Waals surface area contributed by atoms with Crippen LogP contribution in [0.1, 0.15) is 22.3 Å². The number of nitrogens with zero attached hydrogens (tertiary/aromatic N) is 3. The molecule has 17 heavy (non-hydrogen) atoms. The van der Waals surface area contributed by atoms with Crippen molar-refractivity contribution in [1.29, 1.82) is 0 Å². The number of Topliss-reactive ketones (excluding diaryl/α,β-unsaturated/α-hetero) is 1. The van der Waals surface area contributed by atoms with Crippen molar-refractivity contribution in [2.75, 3.05) is 12.4 Å². The van der Waals surface area contributed by atoms with E-state index in [1.54, 1.807) is 12.1 Å². The van der Waals surface area contributed by atoms with Crippen LogP contribution in [0.15, 0.2) is 35.5 Å². The molecule has 0 atom stereocenters. The van der Waals surface area contributed by atoms with E-state index in [4.69, 9.17) is 17.1 Å². The fourth-order valence-corrected chi connectivity index (χ4v) is 1.41. The predicted molar refractivity (Wildman–Crippen MR) is 69.2 cm³/mol. The molecule has 88 valence electrons. The zero-order valence-electron chi connectivity index (χ0n) is 9.21. The monoisotopic (exact) mass is 249 g/mol. The van der Waals surface area contributed by atoms with Gasteiger partial charge < -0.3 is 0 Å². The molecule has 4 nitrogen and oxygen atoms in total. The second-order valence-electron chi connectivity index (χ2n) is 3.32. The molecular weight excluding hydrogens is 238 g/mol. The van der Waals surface area contributed by atoms with Crippen molar-refractivity contribution >= 4 is 23.5 Å². The topological polar surface area (TPSA) is 65.8 Å². The van der Waals surface area contributed by atoms with Gasteiger partial charge in [-0.2, -0.15) is 0 Å². The Morgan fingerprint density at radius 3 is 2.71 bits per heavy atom. The fourth-order valence-electron chi connectivity index (χ4n) is 1.25. The minimum atomic E-state index is -0.0782. The Hall–Kier alpha value is -1.77. The Labute approximate surface area is 105 Å². The lowest BCUT2D eigenvalue weighted by molar-refractivity contribution is 0.102. The van der Waals surface area contributed by atoms with Crippen LogP contribution < -0.4 is 0 Å². The van der Waals surface area contributed by atoms with Gasteiger partial charge in [0.15, 0.2) is 5.78 Å². The van der Waals surface area contributed by atoms with Crippen LogP contribution in [0.3, 0.4) is 0 Å². The number of carbonyl (C=O) groups excluding carboxylic acids is 1. The molecule has 1 aromatic rings. The van der Waals surface area contributed by atoms with Gasteiger partial charge in [-0.1, -0.05) is 41.5 Å². The van der Waals surface area contributed by atoms with Crippen LogP contribution in [0.5, 0.6) is 0 Å². The van der Waals surface area contributed by atoms with Crippen LogP contribution in [-0.2, 0) is 0 Å². The maximum Gasteiger partial charge on any atom is 0.177 e. The lowest BCUT2D eigenvalue weighted by Crippen LogP contribution is -1.99. The lowest BCUT2D eigenvalue weighted by Gasteiger charge is -1.97. The average molecular weight is 250 g/mol. The molecule has 0 amide bonds. The predicted octanol–water partition coefficient (Wildman–Crippen LogP) is 3.82. The zero-order chi connectivity index (χ0) is 12.5. The summed E-state index contributed by atoms with van der Waals surface area (Å²) in [6, 6.07) is 7.20. The maximum atomic E-state index is 11.3. The Kier molecular flexibility index (Phi) is 5.86. The third kappa shape index (κ3) is 4.72. The molecule has 1 rings (SSSR count). The van der Waals surface area contributed by atoms with Crippen molar-refractivity contribution in [1.82, 2.24) is 0 Å². The molecule has 0 fully saturated rings. The van der Waals surface area contributed by atoms with Crippen LogP contribution in [-0.4, -0.2) is 18.2 Å². The highest BCUT2D eigenvalue weighted by Gasteiger charge is 2.01. The summed E-state index contributed by atoms with van der Waals surface area (Å²) in [6.45, 7) is 0.454. The molecule has 0 radical (unpaired) electrons. The number of alkyl halides is 1. The number of halogens is 1. The zero-order valence-corrected chi connectivity index (χ0v) is 9.97. The van der Waals surface area contributed by atoms with E-state index in [2.05, 4.69) is 10.0 Å². The quantitative estimate of drug-likeness (QED) is 0.189. The van der Waals surface area contributed by atoms with E-state index in [0.29, 0.717) is 18.5 Å². The summed E-state index contributed by atoms with van der Waals surface area (Å²) in [5.41, 5.74) is 9.69. The second-order valence-corrected chi connectivity index (χ2v) is 3.59. The van der Waals surface area contributed by atoms with Gasteiger partial charge in [0, 0.05) is 17.0 Å². The van der Waals surface area contributed by atoms with E-state index in [-0.39, 0.29) is 11.7 Å². The van der Waals surface area contributed by atoms with Crippen LogP contribution >= 0.6 is 11.6 Å². The van der Waals surface area contributed by atoms with Crippen LogP contribution in [0, 0.1) is 0 Å². The number of benzene rings is 1. The molecule has 0 saturated carbocycles. The number of hydrogen-bond acceptors (Lipinski definition) is 2. The van der Waals surface area contributed by atoms with Gasteiger partial charge in [0.05, 0.1) is 5.88 Å². The molecule has 0 aliphatic rings. The standard InChI is InChI=1S/C12H12ClN3O/c13-9-12(17)11-6-4-10(5-7-11)3-1-2-8-15-16-14/h1,3-7H,2,8-9H2. The van der Waals surface area contributed by atoms with E-state index in [1.165, 1.54) is 0 Å². The number of ketones is 1. The summed E-state index contributed by atoms with van der Waals surface area (Å²) in [5, 5.41) is 3.42. The smallest absolute Gasteiger partial charge is 0.177 e. The third-order valence-electron chi connectivity index (χ3n) is 2.12. The van der Waals surface area contributed by atoms with E-state index >= 15 is 0 Å². The Morgan fingerprint density at radius 2 is 2.12 bits per heavy atom. The van der Waals surface area contributed by atoms with Crippen LogP contribution in [0.2, 0.25) is 0 Å². The molecule has 0 spiro atoms. The second kappa shape index (κ2) is 7.49. The highest BCUT2D eigenvalue weighted by molar-refractivity contribution is 6.30. The van der Waals surface area contributed by atoms with Crippen molar-refractivity contribution in [3.05, 3.63) is 51.9 Å². The van der Waals surface area contributed by atoms with Crippen molar-refractivity contribution in [2.45, 2.75) is 6.42 Å². The van der Waals surface area contributed by atoms with Gasteiger partial charge in [0.2, 0.25) is 0 Å². The van der Waals surface area contributed by atoms with E-state index in [1.807, 2.05) is 24.3 Å². The fraction of sp³-hybridized carbons (Fsp3) is 0.250. The van der Waals surface area contributed by atoms with Crippen molar-refractivity contribution in [3.8, 4) is 0 Å². The highest BCUT2D eigenvalue weighted by atomic mass is 35.5. The molecule has 0 heterocycles. The Bertz CT molecular complexity index is 447. The molecule has 0 aliphatic heterocycles. The minimum absolute atomic E-state index is 0.00134. The first-order chi connectivity index (χ1) is 8.27. The summed E-state index contributed by atoms with van der Waals surface area (Å²) in [4.78, 5) is 13.9. The van der Waals surface area contributed by atoms with E-state index in [0.717, 1.165) is 5.56 Å². The van der Waals surface area contributed by atoms with Gasteiger partial charge in [-0.15, -0.1) is 11.6 Å². The summed E-state index contributed by atoms with van der Waals surface area (Å²) in [6.07, 6.45) is 4.54. The molecule has 0 N–H and O–H groups in total. The van der Waals surface area contributed by atoms with Crippen molar-refractivity contribution in [3.63, 3.8) is 0 Å². The highest BCUT2D eigenvalue weighted by Crippen LogP contribution is 2.08. The van der Waals surface area contributed by atoms with Crippen molar-refractivity contribution in [2.24, 2.45) is 5.11 Å². The summed E-state index contributed by atoms with van der Waals surface area (Å²) in [5.74, 6) is -0.0769. The van der Waals surface area contributed by atoms with Crippen molar-refractivity contribution < 1.29 is 4.79 Å². The summed E-state index contributed by atoms with van der Waals surface area (Å²) < 4.78 is 0. The SMILES string of the molecule is [N-]=[N+]=NCCC=Cc1ccc(C(=O)CCl)cc1. The molecule has 0 aromatic heterocycles. The molecule has 1 aromatic carbocycles. The van der Waals surface area contributed by atoms with Crippen LogP contribution in [0.25, 0.3) is 16.5 Å². The minimum Gasteiger partial charge on any atom is -0.293 e. The molecule has 5 heteroatoms. The van der Waals surface area contributed by atoms with Gasteiger partial charge in [-0.25, -0.2) is 0 Å². The first-order valence-corrected chi connectivity index (χ1v) is 5.68. The molecule has 0 saturated heterocycles. The molecule has 0 unspecified atom stereocenters. The van der Waals surface area contributed by atoms with Gasteiger partial charge in [0.25, 0.3) is 0 Å². The Morgan fingerprint density at radius 1 is 1.41 bits per heavy atom. The maximum absolute atomic E-state index is 11.3. The summed E-state index contributed by atoms with van der Waals surface area (Å²) >= 11 is 5.46. The number of carbonyl (C=O) groups is 1. The molecule has 0 bridgehead atoms. The number of azide groups is 1. The average Bonchev–Trinajstić information content (AvgIpc) is 2.38. The van der Waals surface area contributed by atoms with E-state index in [9.17, 15) is 4.79 Å². The van der Waals surface area contributed by atoms with Gasteiger partial charge in [-0.3, -0.25) is 4.79 Å². The number of rotatable bonds is 6. The first kappa shape index (κ1) is 13.3. The molecule has 0 aliphatic carbocycles. The Balaban J connectivity index is 2.56. The summed E-state index contributed by atoms with van der Waals surface area (Å²) in [7, 11) is 0. The molecular formula is C12H12ClN3O. The van der Waals surface area contributed by atoms with Crippen LogP contribution in [0.4, 0.5) is 0 Å². The van der Waals surface area contributed by atoms with Gasteiger partial charge >= 0.3 is 0 Å².